The quantitative estimate of drug-likeness (QED) is 0.359. The van der Waals surface area contributed by atoms with Crippen LogP contribution < -0.4 is 10.2 Å². The van der Waals surface area contributed by atoms with Crippen molar-refractivity contribution >= 4 is 12.0 Å². The molecule has 0 unspecified atom stereocenters. The second-order valence-corrected chi connectivity index (χ2v) is 10.2. The highest BCUT2D eigenvalue weighted by atomic mass is 16.7. The van der Waals surface area contributed by atoms with Crippen molar-refractivity contribution in [3.8, 4) is 0 Å². The number of benzene rings is 2. The van der Waals surface area contributed by atoms with E-state index in [0.717, 1.165) is 67.3 Å². The van der Waals surface area contributed by atoms with Crippen LogP contribution in [0.5, 0.6) is 0 Å². The molecule has 3 heterocycles. The predicted molar refractivity (Wildman–Crippen MR) is 154 cm³/mol. The molecule has 216 valence electrons. The lowest BCUT2D eigenvalue weighted by molar-refractivity contribution is -0.253. The van der Waals surface area contributed by atoms with Crippen molar-refractivity contribution < 1.29 is 24.1 Å². The maximum absolute atomic E-state index is 11.7. The van der Waals surface area contributed by atoms with E-state index in [1.54, 1.807) is 12.4 Å². The molecule has 41 heavy (non-hydrogen) atoms. The molecule has 3 atom stereocenters. The molecule has 10 heteroatoms. The predicted octanol–water partition coefficient (Wildman–Crippen LogP) is 3.75. The molecule has 2 N–H and O–H groups in total. The summed E-state index contributed by atoms with van der Waals surface area (Å²) in [4.78, 5) is 25.2. The van der Waals surface area contributed by atoms with Gasteiger partial charge in [0.05, 0.1) is 18.8 Å². The summed E-state index contributed by atoms with van der Waals surface area (Å²) in [6.45, 7) is 8.39. The number of nitrogens with zero attached hydrogens (tertiary/aromatic N) is 4. The van der Waals surface area contributed by atoms with Gasteiger partial charge in [-0.15, -0.1) is 0 Å². The first-order valence-electron chi connectivity index (χ1n) is 14.0. The zero-order valence-corrected chi connectivity index (χ0v) is 23.1. The van der Waals surface area contributed by atoms with Gasteiger partial charge >= 0.3 is 6.09 Å². The third kappa shape index (κ3) is 7.89. The number of aliphatic hydroxyl groups is 1. The Bertz CT molecular complexity index is 1250. The summed E-state index contributed by atoms with van der Waals surface area (Å²) in [5.74, 6) is 0.772. The maximum Gasteiger partial charge on any atom is 0.407 e. The Labute approximate surface area is 240 Å². The number of nitrogens with one attached hydrogen (secondary N) is 1. The lowest BCUT2D eigenvalue weighted by atomic mass is 9.99. The van der Waals surface area contributed by atoms with Gasteiger partial charge in [0, 0.05) is 63.6 Å². The van der Waals surface area contributed by atoms with Gasteiger partial charge < -0.3 is 29.5 Å². The lowest BCUT2D eigenvalue weighted by Crippen LogP contribution is -2.50. The molecular weight excluding hydrogens is 522 g/mol. The molecule has 0 spiro atoms. The van der Waals surface area contributed by atoms with Crippen molar-refractivity contribution in [2.24, 2.45) is 0 Å². The highest BCUT2D eigenvalue weighted by molar-refractivity contribution is 5.67. The SMILES string of the molecule is C=CCOC(=O)NCc1ccc([C@@H]2O[C@H](CN3CCN(c4ncccn4)CC3)C[C@H](c3ccc(CO)cc3)O2)cc1. The molecule has 0 radical (unpaired) electrons. The van der Waals surface area contributed by atoms with Gasteiger partial charge in [0.1, 0.15) is 6.61 Å². The highest BCUT2D eigenvalue weighted by Crippen LogP contribution is 2.38. The van der Waals surface area contributed by atoms with Crippen molar-refractivity contribution in [1.82, 2.24) is 20.2 Å². The average Bonchev–Trinajstić information content (AvgIpc) is 3.03. The van der Waals surface area contributed by atoms with Crippen LogP contribution in [0, 0.1) is 0 Å². The number of aromatic nitrogens is 2. The molecule has 0 bridgehead atoms. The fourth-order valence-corrected chi connectivity index (χ4v) is 5.06. The van der Waals surface area contributed by atoms with Crippen molar-refractivity contribution in [2.75, 3.05) is 44.2 Å². The molecular formula is C31H37N5O5. The summed E-state index contributed by atoms with van der Waals surface area (Å²) in [6, 6.07) is 17.6. The lowest BCUT2D eigenvalue weighted by Gasteiger charge is -2.40. The Morgan fingerprint density at radius 2 is 1.68 bits per heavy atom. The average molecular weight is 560 g/mol. The van der Waals surface area contributed by atoms with Crippen molar-refractivity contribution in [3.05, 3.63) is 102 Å². The normalized spacial score (nSPS) is 21.3. The van der Waals surface area contributed by atoms with Gasteiger partial charge in [-0.1, -0.05) is 61.2 Å². The number of hydrogen-bond acceptors (Lipinski definition) is 9. The molecule has 1 amide bonds. The van der Waals surface area contributed by atoms with Crippen molar-refractivity contribution in [3.63, 3.8) is 0 Å². The Morgan fingerprint density at radius 1 is 1.00 bits per heavy atom. The van der Waals surface area contributed by atoms with Crippen LogP contribution in [0.4, 0.5) is 10.7 Å². The first-order chi connectivity index (χ1) is 20.1. The number of carbonyl (C=O) groups excluding carboxylic acids is 1. The van der Waals surface area contributed by atoms with E-state index in [-0.39, 0.29) is 25.4 Å². The summed E-state index contributed by atoms with van der Waals surface area (Å²) in [6.07, 6.45) is 4.62. The second-order valence-electron chi connectivity index (χ2n) is 10.2. The highest BCUT2D eigenvalue weighted by Gasteiger charge is 2.34. The number of ether oxygens (including phenoxy) is 3. The van der Waals surface area contributed by atoms with E-state index < -0.39 is 12.4 Å². The molecule has 2 aliphatic heterocycles. The van der Waals surface area contributed by atoms with E-state index >= 15 is 0 Å². The van der Waals surface area contributed by atoms with E-state index in [1.165, 1.54) is 6.08 Å². The zero-order valence-electron chi connectivity index (χ0n) is 23.1. The van der Waals surface area contributed by atoms with Crippen LogP contribution in [0.2, 0.25) is 0 Å². The van der Waals surface area contributed by atoms with Crippen LogP contribution in [-0.4, -0.2) is 71.5 Å². The summed E-state index contributed by atoms with van der Waals surface area (Å²) >= 11 is 0. The molecule has 10 nitrogen and oxygen atoms in total. The number of hydrogen-bond donors (Lipinski definition) is 2. The van der Waals surface area contributed by atoms with Crippen LogP contribution in [0.3, 0.4) is 0 Å². The minimum Gasteiger partial charge on any atom is -0.445 e. The number of amides is 1. The van der Waals surface area contributed by atoms with Crippen LogP contribution in [0.1, 0.15) is 41.1 Å². The zero-order chi connectivity index (χ0) is 28.4. The minimum absolute atomic E-state index is 0.00729. The summed E-state index contributed by atoms with van der Waals surface area (Å²) in [7, 11) is 0. The van der Waals surface area contributed by atoms with Crippen LogP contribution in [0.25, 0.3) is 0 Å². The number of piperazine rings is 1. The monoisotopic (exact) mass is 559 g/mol. The van der Waals surface area contributed by atoms with E-state index in [9.17, 15) is 9.90 Å². The standard InChI is InChI=1S/C31H37N5O5/c1-2-18-39-31(38)34-20-23-4-10-26(11-5-23)29-40-27(19-28(41-29)25-8-6-24(22-37)7-9-25)21-35-14-16-36(17-15-35)30-32-12-3-13-33-30/h2-13,27-29,37H,1,14-22H2,(H,34,38)/t27-,28+,29+/m0/s1. The molecule has 0 saturated carbocycles. The molecule has 2 saturated heterocycles. The molecule has 2 fully saturated rings. The number of carbonyl (C=O) groups is 1. The van der Waals surface area contributed by atoms with Crippen LogP contribution in [-0.2, 0) is 27.4 Å². The number of alkyl carbamates (subject to hydrolysis) is 1. The van der Waals surface area contributed by atoms with E-state index in [4.69, 9.17) is 14.2 Å². The molecule has 5 rings (SSSR count). The Morgan fingerprint density at radius 3 is 2.37 bits per heavy atom. The molecule has 2 aromatic carbocycles. The maximum atomic E-state index is 11.7. The Kier molecular flexibility index (Phi) is 9.92. The van der Waals surface area contributed by atoms with Gasteiger partial charge in [0.2, 0.25) is 5.95 Å². The summed E-state index contributed by atoms with van der Waals surface area (Å²) in [5.41, 5.74) is 3.78. The van der Waals surface area contributed by atoms with E-state index in [2.05, 4.69) is 31.7 Å². The van der Waals surface area contributed by atoms with Gasteiger partial charge in [-0.2, -0.15) is 0 Å². The smallest absolute Gasteiger partial charge is 0.407 e. The van der Waals surface area contributed by atoms with Crippen molar-refractivity contribution in [1.29, 1.82) is 0 Å². The largest absolute Gasteiger partial charge is 0.445 e. The number of rotatable bonds is 10. The van der Waals surface area contributed by atoms with Crippen LogP contribution >= 0.6 is 0 Å². The number of aliphatic hydroxyl groups excluding tert-OH is 1. The second kappa shape index (κ2) is 14.2. The van der Waals surface area contributed by atoms with Gasteiger partial charge in [-0.25, -0.2) is 14.8 Å². The third-order valence-corrected chi connectivity index (χ3v) is 7.31. The third-order valence-electron chi connectivity index (χ3n) is 7.31. The molecule has 1 aromatic heterocycles. The summed E-state index contributed by atoms with van der Waals surface area (Å²) < 4.78 is 18.0. The molecule has 2 aliphatic rings. The topological polar surface area (TPSA) is 109 Å². The Hall–Kier alpha value is -3.83. The van der Waals surface area contributed by atoms with E-state index in [0.29, 0.717) is 6.54 Å². The van der Waals surface area contributed by atoms with Gasteiger partial charge in [-0.05, 0) is 22.8 Å². The van der Waals surface area contributed by atoms with Gasteiger partial charge in [0.25, 0.3) is 0 Å². The number of anilines is 1. The van der Waals surface area contributed by atoms with E-state index in [1.807, 2.05) is 54.6 Å². The molecule has 3 aromatic rings. The summed E-state index contributed by atoms with van der Waals surface area (Å²) in [5, 5.41) is 12.2. The van der Waals surface area contributed by atoms with Gasteiger partial charge in [-0.3, -0.25) is 4.90 Å². The minimum atomic E-state index is -0.533. The fraction of sp³-hybridized carbons (Fsp3) is 0.387. The van der Waals surface area contributed by atoms with Crippen LogP contribution in [0.15, 0.2) is 79.6 Å². The fourth-order valence-electron chi connectivity index (χ4n) is 5.06. The van der Waals surface area contributed by atoms with Gasteiger partial charge in [0.15, 0.2) is 6.29 Å². The van der Waals surface area contributed by atoms with Crippen molar-refractivity contribution in [2.45, 2.75) is 38.1 Å². The Balaban J connectivity index is 1.24. The molecule has 0 aliphatic carbocycles. The first-order valence-corrected chi connectivity index (χ1v) is 14.0. The first kappa shape index (κ1) is 28.7.